The molecule has 4 nitrogen and oxygen atoms in total. The topological polar surface area (TPSA) is 53.7 Å². The van der Waals surface area contributed by atoms with E-state index in [1.807, 2.05) is 13.8 Å². The van der Waals surface area contributed by atoms with E-state index in [1.54, 1.807) is 0 Å². The van der Waals surface area contributed by atoms with Crippen LogP contribution in [0.25, 0.3) is 0 Å². The first-order chi connectivity index (χ1) is 5.58. The number of rotatable bonds is 0. The zero-order valence-corrected chi connectivity index (χ0v) is 7.45. The minimum absolute atomic E-state index is 0.00810. The van der Waals surface area contributed by atoms with E-state index < -0.39 is 5.79 Å². The minimum Gasteiger partial charge on any atom is -0.377 e. The van der Waals surface area contributed by atoms with Crippen LogP contribution >= 0.6 is 0 Å². The molecule has 2 aliphatic heterocycles. The smallest absolute Gasteiger partial charge is 0.163 e. The maximum atomic E-state index is 5.81. The molecule has 0 amide bonds. The summed E-state index contributed by atoms with van der Waals surface area (Å²) < 4.78 is 16.5. The third-order valence-electron chi connectivity index (χ3n) is 2.24. The van der Waals surface area contributed by atoms with Crippen molar-refractivity contribution >= 4 is 0 Å². The highest BCUT2D eigenvalue weighted by molar-refractivity contribution is 4.91. The first-order valence-electron chi connectivity index (χ1n) is 4.27. The molecular weight excluding hydrogens is 158 g/mol. The van der Waals surface area contributed by atoms with E-state index >= 15 is 0 Å². The van der Waals surface area contributed by atoms with Gasteiger partial charge in [0.2, 0.25) is 0 Å². The average Bonchev–Trinajstić information content (AvgIpc) is 2.25. The second-order valence-corrected chi connectivity index (χ2v) is 3.84. The molecule has 0 aromatic heterocycles. The van der Waals surface area contributed by atoms with Crippen LogP contribution in [0.2, 0.25) is 0 Å². The standard InChI is InChI=1S/C8H15NO3/c1-8(2)11-6-4-10-3-5(9)7(6)12-8/h5-7H,3-4,9H2,1-2H3/t5-,6+,7-/m0/s1. The molecule has 2 heterocycles. The van der Waals surface area contributed by atoms with E-state index in [4.69, 9.17) is 19.9 Å². The van der Waals surface area contributed by atoms with Crippen molar-refractivity contribution < 1.29 is 14.2 Å². The third-order valence-corrected chi connectivity index (χ3v) is 2.24. The zero-order valence-electron chi connectivity index (χ0n) is 7.45. The summed E-state index contributed by atoms with van der Waals surface area (Å²) >= 11 is 0. The van der Waals surface area contributed by atoms with E-state index in [1.165, 1.54) is 0 Å². The van der Waals surface area contributed by atoms with Crippen LogP contribution in [0.4, 0.5) is 0 Å². The van der Waals surface area contributed by atoms with Crippen molar-refractivity contribution in [2.24, 2.45) is 5.73 Å². The third kappa shape index (κ3) is 1.35. The molecular formula is C8H15NO3. The highest BCUT2D eigenvalue weighted by atomic mass is 16.8. The van der Waals surface area contributed by atoms with Gasteiger partial charge in [0.25, 0.3) is 0 Å². The summed E-state index contributed by atoms with van der Waals surface area (Å²) in [6.45, 7) is 4.97. The molecule has 0 bridgehead atoms. The molecule has 70 valence electrons. The monoisotopic (exact) mass is 173 g/mol. The Balaban J connectivity index is 2.09. The molecule has 0 aromatic rings. The Morgan fingerprint density at radius 1 is 1.25 bits per heavy atom. The van der Waals surface area contributed by atoms with Crippen LogP contribution in [0.1, 0.15) is 13.8 Å². The fraction of sp³-hybridized carbons (Fsp3) is 1.00. The summed E-state index contributed by atoms with van der Waals surface area (Å²) in [4.78, 5) is 0. The van der Waals surface area contributed by atoms with Gasteiger partial charge >= 0.3 is 0 Å². The maximum absolute atomic E-state index is 5.81. The Bertz CT molecular complexity index is 183. The van der Waals surface area contributed by atoms with Crippen LogP contribution in [0.5, 0.6) is 0 Å². The van der Waals surface area contributed by atoms with Gasteiger partial charge in [0.05, 0.1) is 19.3 Å². The van der Waals surface area contributed by atoms with Crippen molar-refractivity contribution in [1.82, 2.24) is 0 Å². The molecule has 0 aromatic carbocycles. The maximum Gasteiger partial charge on any atom is 0.163 e. The van der Waals surface area contributed by atoms with Crippen molar-refractivity contribution in [2.75, 3.05) is 13.2 Å². The molecule has 0 spiro atoms. The summed E-state index contributed by atoms with van der Waals surface area (Å²) in [6, 6.07) is -0.0504. The van der Waals surface area contributed by atoms with Gasteiger partial charge in [-0.25, -0.2) is 0 Å². The normalized spacial score (nSPS) is 45.8. The Hall–Kier alpha value is -0.160. The minimum atomic E-state index is -0.499. The molecule has 2 N–H and O–H groups in total. The van der Waals surface area contributed by atoms with Crippen LogP contribution in [0, 0.1) is 0 Å². The molecule has 4 heteroatoms. The molecule has 3 atom stereocenters. The summed E-state index contributed by atoms with van der Waals surface area (Å²) in [6.07, 6.45) is 0.0255. The second kappa shape index (κ2) is 2.67. The molecule has 0 radical (unpaired) electrons. The van der Waals surface area contributed by atoms with Crippen LogP contribution in [-0.2, 0) is 14.2 Å². The van der Waals surface area contributed by atoms with Crippen molar-refractivity contribution in [3.63, 3.8) is 0 Å². The molecule has 0 aliphatic carbocycles. The fourth-order valence-corrected chi connectivity index (χ4v) is 1.77. The summed E-state index contributed by atoms with van der Waals surface area (Å²) in [5, 5.41) is 0. The first-order valence-corrected chi connectivity index (χ1v) is 4.27. The van der Waals surface area contributed by atoms with Crippen molar-refractivity contribution in [3.05, 3.63) is 0 Å². The number of hydrogen-bond donors (Lipinski definition) is 1. The number of fused-ring (bicyclic) bond motifs is 1. The molecule has 2 aliphatic rings. The molecule has 2 fully saturated rings. The summed E-state index contributed by atoms with van der Waals surface area (Å²) in [5.74, 6) is -0.499. The molecule has 2 rings (SSSR count). The van der Waals surface area contributed by atoms with Gasteiger partial charge in [-0.15, -0.1) is 0 Å². The van der Waals surface area contributed by atoms with Gasteiger partial charge in [0.1, 0.15) is 12.2 Å². The summed E-state index contributed by atoms with van der Waals surface area (Å²) in [7, 11) is 0. The Morgan fingerprint density at radius 3 is 2.67 bits per heavy atom. The number of hydrogen-bond acceptors (Lipinski definition) is 4. The van der Waals surface area contributed by atoms with E-state index in [9.17, 15) is 0 Å². The Morgan fingerprint density at radius 2 is 2.00 bits per heavy atom. The van der Waals surface area contributed by atoms with E-state index in [0.29, 0.717) is 13.2 Å². The SMILES string of the molecule is CC1(C)O[C@H]2[C@@H](N)COC[C@H]2O1. The molecule has 0 unspecified atom stereocenters. The van der Waals surface area contributed by atoms with Crippen LogP contribution in [0.3, 0.4) is 0 Å². The van der Waals surface area contributed by atoms with Gasteiger partial charge in [-0.3, -0.25) is 0 Å². The average molecular weight is 173 g/mol. The van der Waals surface area contributed by atoms with Gasteiger partial charge in [0, 0.05) is 0 Å². The summed E-state index contributed by atoms with van der Waals surface area (Å²) in [5.41, 5.74) is 5.81. The lowest BCUT2D eigenvalue weighted by molar-refractivity contribution is -0.146. The Kier molecular flexibility index (Phi) is 1.88. The van der Waals surface area contributed by atoms with Crippen LogP contribution in [-0.4, -0.2) is 37.3 Å². The fourth-order valence-electron chi connectivity index (χ4n) is 1.77. The largest absolute Gasteiger partial charge is 0.377 e. The zero-order chi connectivity index (χ0) is 8.77. The van der Waals surface area contributed by atoms with Crippen LogP contribution in [0.15, 0.2) is 0 Å². The predicted octanol–water partition coefficient (Wildman–Crippen LogP) is -0.136. The van der Waals surface area contributed by atoms with E-state index in [-0.39, 0.29) is 18.2 Å². The quantitative estimate of drug-likeness (QED) is 0.554. The highest BCUT2D eigenvalue weighted by Gasteiger charge is 2.46. The predicted molar refractivity (Wildman–Crippen MR) is 42.6 cm³/mol. The lowest BCUT2D eigenvalue weighted by Gasteiger charge is -2.28. The first kappa shape index (κ1) is 8.44. The molecule has 0 saturated carbocycles. The van der Waals surface area contributed by atoms with Gasteiger partial charge in [-0.1, -0.05) is 0 Å². The second-order valence-electron chi connectivity index (χ2n) is 3.84. The molecule has 2 saturated heterocycles. The van der Waals surface area contributed by atoms with Crippen LogP contribution < -0.4 is 5.73 Å². The van der Waals surface area contributed by atoms with E-state index in [2.05, 4.69) is 0 Å². The lowest BCUT2D eigenvalue weighted by atomic mass is 10.1. The van der Waals surface area contributed by atoms with Gasteiger partial charge in [-0.2, -0.15) is 0 Å². The lowest BCUT2D eigenvalue weighted by Crippen LogP contribution is -2.50. The van der Waals surface area contributed by atoms with Gasteiger partial charge < -0.3 is 19.9 Å². The number of nitrogens with two attached hydrogens (primary N) is 1. The number of ether oxygens (including phenoxy) is 3. The van der Waals surface area contributed by atoms with Crippen molar-refractivity contribution in [1.29, 1.82) is 0 Å². The molecule has 12 heavy (non-hydrogen) atoms. The Labute approximate surface area is 72.0 Å². The van der Waals surface area contributed by atoms with Gasteiger partial charge in [0.15, 0.2) is 5.79 Å². The van der Waals surface area contributed by atoms with E-state index in [0.717, 1.165) is 0 Å². The van der Waals surface area contributed by atoms with Crippen molar-refractivity contribution in [3.8, 4) is 0 Å². The highest BCUT2D eigenvalue weighted by Crippen LogP contribution is 2.31. The van der Waals surface area contributed by atoms with Crippen molar-refractivity contribution in [2.45, 2.75) is 37.9 Å². The van der Waals surface area contributed by atoms with Gasteiger partial charge in [-0.05, 0) is 13.8 Å².